The second kappa shape index (κ2) is 33.2. The predicted molar refractivity (Wildman–Crippen MR) is 79.9 cm³/mol. The zero-order valence-electron chi connectivity index (χ0n) is 13.6. The van der Waals surface area contributed by atoms with Crippen molar-refractivity contribution >= 4 is 6.29 Å². The molecule has 0 atom stereocenters. The van der Waals surface area contributed by atoms with Gasteiger partial charge in [-0.1, -0.05) is 24.0 Å². The maximum absolute atomic E-state index is 10.5. The van der Waals surface area contributed by atoms with Gasteiger partial charge < -0.3 is 4.79 Å². The quantitative estimate of drug-likeness (QED) is 0.319. The molecule has 0 saturated carbocycles. The fourth-order valence-electron chi connectivity index (χ4n) is 2.13. The molecule has 0 heterocycles. The van der Waals surface area contributed by atoms with Crippen LogP contribution in [0.1, 0.15) is 51.9 Å². The first kappa shape index (κ1) is 34.0. The van der Waals surface area contributed by atoms with E-state index in [1.54, 1.807) is 0 Å². The van der Waals surface area contributed by atoms with Crippen LogP contribution in [-0.2, 0) is 40.5 Å². The summed E-state index contributed by atoms with van der Waals surface area (Å²) >= 11 is 0. The van der Waals surface area contributed by atoms with Crippen LogP contribution < -0.4 is 0 Å². The average molecular weight is 372 g/mol. The van der Waals surface area contributed by atoms with Crippen LogP contribution in [0.2, 0.25) is 0 Å². The van der Waals surface area contributed by atoms with Gasteiger partial charge >= 0.3 is 62.3 Å². The van der Waals surface area contributed by atoms with Gasteiger partial charge in [0.05, 0.1) is 0 Å². The molecular formula is C18H20FeO5. The Morgan fingerprint density at radius 2 is 1.42 bits per heavy atom. The van der Waals surface area contributed by atoms with Gasteiger partial charge in [-0.15, -0.1) is 13.3 Å². The topological polar surface area (TPSA) is 96.7 Å². The Morgan fingerprint density at radius 3 is 1.79 bits per heavy atom. The average Bonchev–Trinajstić information content (AvgIpc) is 2.87. The summed E-state index contributed by atoms with van der Waals surface area (Å²) in [6, 6.07) is 0. The van der Waals surface area contributed by atoms with Crippen LogP contribution in [0.5, 0.6) is 0 Å². The number of hydrogen-bond donors (Lipinski definition) is 0. The van der Waals surface area contributed by atoms with E-state index < -0.39 is 0 Å². The largest absolute Gasteiger partial charge is 2.00 e. The third-order valence-corrected chi connectivity index (χ3v) is 3.08. The summed E-state index contributed by atoms with van der Waals surface area (Å²) in [5.74, 6) is 0. The minimum Gasteiger partial charge on any atom is -0.541 e. The summed E-state index contributed by atoms with van der Waals surface area (Å²) in [4.78, 5) is 10.5. The molecule has 0 fully saturated rings. The first-order chi connectivity index (χ1) is 11.3. The van der Waals surface area contributed by atoms with E-state index in [0.717, 1.165) is 19.3 Å². The molecule has 0 amide bonds. The Kier molecular flexibility index (Phi) is 47.0. The molecule has 6 heteroatoms. The molecule has 24 heavy (non-hydrogen) atoms. The summed E-state index contributed by atoms with van der Waals surface area (Å²) in [5.41, 5.74) is 4.10. The molecule has 0 N–H and O–H groups in total. The minimum atomic E-state index is 0. The number of carbonyl (C=O) groups excluding carboxylic acids is 1. The molecule has 0 aromatic carbocycles. The molecular weight excluding hydrogens is 352 g/mol. The van der Waals surface area contributed by atoms with Gasteiger partial charge in [0, 0.05) is 0 Å². The van der Waals surface area contributed by atoms with Crippen LogP contribution in [0.25, 0.3) is 0 Å². The van der Waals surface area contributed by atoms with Crippen molar-refractivity contribution in [3.05, 3.63) is 56.3 Å². The molecule has 0 unspecified atom stereocenters. The van der Waals surface area contributed by atoms with Crippen molar-refractivity contribution < 1.29 is 40.5 Å². The maximum atomic E-state index is 10.5. The van der Waals surface area contributed by atoms with Gasteiger partial charge in [-0.2, -0.15) is 0 Å². The van der Waals surface area contributed by atoms with E-state index in [-0.39, 0.29) is 17.1 Å². The molecule has 5 nitrogen and oxygen atoms in total. The Balaban J connectivity index is -0.000000117. The van der Waals surface area contributed by atoms with E-state index in [4.69, 9.17) is 18.6 Å². The van der Waals surface area contributed by atoms with Crippen LogP contribution in [0.4, 0.5) is 0 Å². The second-order valence-corrected chi connectivity index (χ2v) is 4.32. The SMILES string of the molecule is [C-]#[O+].[C-]#[O+].[C-]#[O+].[C-]#[O+].[CH2-]C=C(C)CC1=C(C[C-]=O)CCCCC1.[Fe+2]. The number of rotatable bonds is 4. The molecule has 0 aromatic rings. The zero-order valence-corrected chi connectivity index (χ0v) is 14.7. The predicted octanol–water partition coefficient (Wildman–Crippen LogP) is 3.76. The van der Waals surface area contributed by atoms with Crippen molar-refractivity contribution in [3.8, 4) is 0 Å². The summed E-state index contributed by atoms with van der Waals surface area (Å²) in [6.07, 6.45) is 11.5. The van der Waals surface area contributed by atoms with Crippen molar-refractivity contribution in [2.75, 3.05) is 0 Å². The van der Waals surface area contributed by atoms with E-state index in [1.165, 1.54) is 36.0 Å². The molecule has 0 aliphatic heterocycles. The molecule has 1 aliphatic carbocycles. The smallest absolute Gasteiger partial charge is 0.541 e. The molecule has 130 valence electrons. The number of hydrogen-bond acceptors (Lipinski definition) is 1. The van der Waals surface area contributed by atoms with Crippen molar-refractivity contribution in [1.82, 2.24) is 0 Å². The fraction of sp³-hybridized carbons (Fsp3) is 0.444. The number of allylic oxidation sites excluding steroid dienone is 4. The molecule has 0 saturated heterocycles. The molecule has 0 spiro atoms. The summed E-state index contributed by atoms with van der Waals surface area (Å²) in [6.45, 7) is 23.9. The van der Waals surface area contributed by atoms with Gasteiger partial charge in [-0.05, 0) is 25.7 Å². The third kappa shape index (κ3) is 20.5. The maximum Gasteiger partial charge on any atom is 2.00 e. The summed E-state index contributed by atoms with van der Waals surface area (Å²) < 4.78 is 30.0. The van der Waals surface area contributed by atoms with Crippen molar-refractivity contribution in [2.45, 2.75) is 51.9 Å². The fourth-order valence-corrected chi connectivity index (χ4v) is 2.13. The Labute approximate surface area is 155 Å². The monoisotopic (exact) mass is 372 g/mol. The zero-order chi connectivity index (χ0) is 19.1. The first-order valence-electron chi connectivity index (χ1n) is 6.59. The summed E-state index contributed by atoms with van der Waals surface area (Å²) in [7, 11) is 0. The van der Waals surface area contributed by atoms with Crippen molar-refractivity contribution in [3.63, 3.8) is 0 Å². The van der Waals surface area contributed by atoms with Gasteiger partial charge in [-0.3, -0.25) is 6.29 Å². The molecule has 0 aromatic heterocycles. The molecule has 1 aliphatic rings. The van der Waals surface area contributed by atoms with Crippen LogP contribution >= 0.6 is 0 Å². The van der Waals surface area contributed by atoms with Gasteiger partial charge in [0.25, 0.3) is 0 Å². The molecule has 0 radical (unpaired) electrons. The van der Waals surface area contributed by atoms with Crippen LogP contribution in [0.3, 0.4) is 0 Å². The van der Waals surface area contributed by atoms with Crippen LogP contribution in [0.15, 0.2) is 22.8 Å². The van der Waals surface area contributed by atoms with Crippen LogP contribution in [-0.4, -0.2) is 6.29 Å². The van der Waals surface area contributed by atoms with E-state index in [1.807, 2.05) is 12.4 Å². The van der Waals surface area contributed by atoms with Crippen molar-refractivity contribution in [2.24, 2.45) is 0 Å². The van der Waals surface area contributed by atoms with Crippen molar-refractivity contribution in [1.29, 1.82) is 0 Å². The third-order valence-electron chi connectivity index (χ3n) is 3.08. The second-order valence-electron chi connectivity index (χ2n) is 4.32. The van der Waals surface area contributed by atoms with Gasteiger partial charge in [0.2, 0.25) is 0 Å². The summed E-state index contributed by atoms with van der Waals surface area (Å²) in [5, 5.41) is 0. The van der Waals surface area contributed by atoms with E-state index in [9.17, 15) is 4.79 Å². The van der Waals surface area contributed by atoms with E-state index in [0.29, 0.717) is 6.42 Å². The Bertz CT molecular complexity index is 404. The first-order valence-corrected chi connectivity index (χ1v) is 6.59. The minimum absolute atomic E-state index is 0. The van der Waals surface area contributed by atoms with Gasteiger partial charge in [0.15, 0.2) is 0 Å². The Morgan fingerprint density at radius 1 is 1.00 bits per heavy atom. The van der Waals surface area contributed by atoms with Gasteiger partial charge in [-0.25, -0.2) is 18.6 Å². The molecule has 1 rings (SSSR count). The standard InChI is InChI=1S/C14H20O.4CO.Fe/c1-3-12(2)11-14-8-6-4-5-7-13(14)9-10-15;4*1-2;/h3H,1,4-9,11H2,2H3;;;;;/q-2;;;;;+2. The van der Waals surface area contributed by atoms with Gasteiger partial charge in [0.1, 0.15) is 0 Å². The Hall–Kier alpha value is -1.50. The normalized spacial score (nSPS) is 12.1. The van der Waals surface area contributed by atoms with E-state index >= 15 is 0 Å². The molecule has 0 bridgehead atoms. The van der Waals surface area contributed by atoms with E-state index in [2.05, 4.69) is 40.4 Å². The van der Waals surface area contributed by atoms with Crippen LogP contribution in [0, 0.1) is 33.5 Å².